The predicted molar refractivity (Wildman–Crippen MR) is 93.0 cm³/mol. The van der Waals surface area contributed by atoms with Crippen LogP contribution in [0.3, 0.4) is 0 Å². The van der Waals surface area contributed by atoms with Crippen molar-refractivity contribution in [3.63, 3.8) is 0 Å². The fourth-order valence-electron chi connectivity index (χ4n) is 2.09. The molecule has 0 unspecified atom stereocenters. The fraction of sp³-hybridized carbons (Fsp3) is 0.263. The number of carbonyl (C=O) groups excluding carboxylic acids is 2. The van der Waals surface area contributed by atoms with Crippen molar-refractivity contribution in [3.05, 3.63) is 59.7 Å². The summed E-state index contributed by atoms with van der Waals surface area (Å²) < 4.78 is 15.6. The Balaban J connectivity index is 1.67. The maximum Gasteiger partial charge on any atom is 0.325 e. The average Bonchev–Trinajstić information content (AvgIpc) is 2.63. The summed E-state index contributed by atoms with van der Waals surface area (Å²) in [6.07, 6.45) is 0. The summed E-state index contributed by atoms with van der Waals surface area (Å²) in [5.74, 6) is 0.404. The molecule has 0 aliphatic rings. The Labute approximate surface area is 146 Å². The minimum absolute atomic E-state index is 0.113. The Hall–Kier alpha value is -3.02. The number of esters is 1. The Bertz CT molecular complexity index is 729. The van der Waals surface area contributed by atoms with Crippen molar-refractivity contribution in [2.75, 3.05) is 26.9 Å². The highest BCUT2D eigenvalue weighted by molar-refractivity contribution is 5.96. The topological polar surface area (TPSA) is 73.9 Å². The van der Waals surface area contributed by atoms with Crippen molar-refractivity contribution < 1.29 is 23.8 Å². The minimum atomic E-state index is -0.524. The van der Waals surface area contributed by atoms with Crippen LogP contribution in [0.25, 0.3) is 0 Å². The molecule has 0 heterocycles. The van der Waals surface area contributed by atoms with Gasteiger partial charge in [-0.3, -0.25) is 9.59 Å². The van der Waals surface area contributed by atoms with Gasteiger partial charge in [-0.25, -0.2) is 0 Å². The molecule has 0 spiro atoms. The van der Waals surface area contributed by atoms with Gasteiger partial charge in [0.15, 0.2) is 0 Å². The molecule has 0 fully saturated rings. The van der Waals surface area contributed by atoms with Crippen LogP contribution in [0.15, 0.2) is 48.5 Å². The van der Waals surface area contributed by atoms with E-state index in [-0.39, 0.29) is 25.7 Å². The number of aryl methyl sites for hydroxylation is 1. The van der Waals surface area contributed by atoms with Gasteiger partial charge >= 0.3 is 5.97 Å². The van der Waals surface area contributed by atoms with Gasteiger partial charge in [-0.2, -0.15) is 0 Å². The first kappa shape index (κ1) is 18.3. The lowest BCUT2D eigenvalue weighted by atomic mass is 10.2. The maximum atomic E-state index is 12.0. The van der Waals surface area contributed by atoms with Crippen molar-refractivity contribution in [1.82, 2.24) is 5.32 Å². The molecule has 0 aromatic heterocycles. The summed E-state index contributed by atoms with van der Waals surface area (Å²) in [6, 6.07) is 14.3. The number of hydrogen-bond donors (Lipinski definition) is 1. The van der Waals surface area contributed by atoms with Gasteiger partial charge in [0.05, 0.1) is 7.11 Å². The van der Waals surface area contributed by atoms with Gasteiger partial charge in [0, 0.05) is 5.56 Å². The van der Waals surface area contributed by atoms with Gasteiger partial charge < -0.3 is 19.5 Å². The second-order valence-electron chi connectivity index (χ2n) is 5.30. The highest BCUT2D eigenvalue weighted by Crippen LogP contribution is 2.13. The first-order valence-electron chi connectivity index (χ1n) is 7.86. The predicted octanol–water partition coefficient (Wildman–Crippen LogP) is 2.36. The van der Waals surface area contributed by atoms with Crippen LogP contribution < -0.4 is 14.8 Å². The lowest BCUT2D eigenvalue weighted by molar-refractivity contribution is -0.143. The van der Waals surface area contributed by atoms with Crippen molar-refractivity contribution in [1.29, 1.82) is 0 Å². The lowest BCUT2D eigenvalue weighted by Crippen LogP contribution is -2.31. The molecule has 0 aliphatic carbocycles. The molecule has 132 valence electrons. The number of benzene rings is 2. The van der Waals surface area contributed by atoms with Crippen LogP contribution in [0, 0.1) is 6.92 Å². The smallest absolute Gasteiger partial charge is 0.325 e. The Kier molecular flexibility index (Phi) is 6.83. The van der Waals surface area contributed by atoms with E-state index < -0.39 is 5.97 Å². The highest BCUT2D eigenvalue weighted by atomic mass is 16.6. The van der Waals surface area contributed by atoms with Gasteiger partial charge in [-0.15, -0.1) is 0 Å². The van der Waals surface area contributed by atoms with Crippen LogP contribution in [-0.4, -0.2) is 38.7 Å². The number of hydrogen-bond acceptors (Lipinski definition) is 5. The summed E-state index contributed by atoms with van der Waals surface area (Å²) in [5.41, 5.74) is 1.50. The fourth-order valence-corrected chi connectivity index (χ4v) is 2.09. The molecule has 1 amide bonds. The molecule has 0 saturated heterocycles. The second-order valence-corrected chi connectivity index (χ2v) is 5.30. The second kappa shape index (κ2) is 9.32. The van der Waals surface area contributed by atoms with E-state index >= 15 is 0 Å². The van der Waals surface area contributed by atoms with Gasteiger partial charge in [0.1, 0.15) is 31.3 Å². The largest absolute Gasteiger partial charge is 0.497 e. The molecule has 0 bridgehead atoms. The van der Waals surface area contributed by atoms with Crippen LogP contribution in [0.5, 0.6) is 11.5 Å². The van der Waals surface area contributed by atoms with Crippen LogP contribution >= 0.6 is 0 Å². The Morgan fingerprint density at radius 1 is 1.00 bits per heavy atom. The van der Waals surface area contributed by atoms with E-state index in [9.17, 15) is 9.59 Å². The molecular formula is C19H21NO5. The van der Waals surface area contributed by atoms with Crippen molar-refractivity contribution >= 4 is 11.9 Å². The van der Waals surface area contributed by atoms with Gasteiger partial charge in [-0.1, -0.05) is 18.2 Å². The van der Waals surface area contributed by atoms with E-state index in [1.807, 2.05) is 31.2 Å². The number of methoxy groups -OCH3 is 1. The first-order valence-corrected chi connectivity index (χ1v) is 7.86. The van der Waals surface area contributed by atoms with Crippen molar-refractivity contribution in [3.8, 4) is 11.5 Å². The summed E-state index contributed by atoms with van der Waals surface area (Å²) in [7, 11) is 1.52. The third kappa shape index (κ3) is 6.18. The molecule has 2 rings (SSSR count). The SMILES string of the molecule is COc1cccc(C(=O)NCC(=O)OCCOc2cccc(C)c2)c1. The molecule has 2 aromatic carbocycles. The summed E-state index contributed by atoms with van der Waals surface area (Å²) in [5, 5.41) is 2.51. The van der Waals surface area contributed by atoms with Crippen LogP contribution in [-0.2, 0) is 9.53 Å². The van der Waals surface area contributed by atoms with E-state index in [2.05, 4.69) is 5.32 Å². The van der Waals surface area contributed by atoms with Crippen LogP contribution in [0.2, 0.25) is 0 Å². The first-order chi connectivity index (χ1) is 12.1. The van der Waals surface area contributed by atoms with Gasteiger partial charge in [-0.05, 0) is 42.8 Å². The zero-order chi connectivity index (χ0) is 18.1. The molecule has 6 nitrogen and oxygen atoms in total. The minimum Gasteiger partial charge on any atom is -0.497 e. The van der Waals surface area contributed by atoms with Crippen LogP contribution in [0.4, 0.5) is 0 Å². The standard InChI is InChI=1S/C19H21NO5/c1-14-5-3-8-17(11-14)24-9-10-25-18(21)13-20-19(22)15-6-4-7-16(12-15)23-2/h3-8,11-12H,9-10,13H2,1-2H3,(H,20,22). The molecule has 0 aliphatic heterocycles. The normalized spacial score (nSPS) is 10.0. The van der Waals surface area contributed by atoms with Gasteiger partial charge in [0.25, 0.3) is 5.91 Å². The van der Waals surface area contributed by atoms with E-state index in [4.69, 9.17) is 14.2 Å². The third-order valence-corrected chi connectivity index (χ3v) is 3.33. The van der Waals surface area contributed by atoms with Crippen molar-refractivity contribution in [2.24, 2.45) is 0 Å². The van der Waals surface area contributed by atoms with E-state index in [0.29, 0.717) is 11.3 Å². The summed E-state index contributed by atoms with van der Waals surface area (Å²) in [6.45, 7) is 2.12. The van der Waals surface area contributed by atoms with E-state index in [1.54, 1.807) is 24.3 Å². The quantitative estimate of drug-likeness (QED) is 0.588. The molecule has 2 aromatic rings. The molecule has 0 radical (unpaired) electrons. The summed E-state index contributed by atoms with van der Waals surface area (Å²) >= 11 is 0. The summed E-state index contributed by atoms with van der Waals surface area (Å²) in [4.78, 5) is 23.6. The molecule has 0 atom stereocenters. The lowest BCUT2D eigenvalue weighted by Gasteiger charge is -2.09. The maximum absolute atomic E-state index is 12.0. The molecule has 6 heteroatoms. The zero-order valence-corrected chi connectivity index (χ0v) is 14.3. The van der Waals surface area contributed by atoms with E-state index in [0.717, 1.165) is 11.3 Å². The monoisotopic (exact) mass is 343 g/mol. The van der Waals surface area contributed by atoms with Gasteiger partial charge in [0.2, 0.25) is 0 Å². The molecular weight excluding hydrogens is 322 g/mol. The Morgan fingerprint density at radius 2 is 1.76 bits per heavy atom. The number of nitrogens with one attached hydrogen (secondary N) is 1. The average molecular weight is 343 g/mol. The molecule has 25 heavy (non-hydrogen) atoms. The Morgan fingerprint density at radius 3 is 2.52 bits per heavy atom. The molecule has 0 saturated carbocycles. The third-order valence-electron chi connectivity index (χ3n) is 3.33. The number of carbonyl (C=O) groups is 2. The van der Waals surface area contributed by atoms with E-state index in [1.165, 1.54) is 7.11 Å². The number of rotatable bonds is 8. The highest BCUT2D eigenvalue weighted by Gasteiger charge is 2.09. The molecule has 1 N–H and O–H groups in total. The number of ether oxygens (including phenoxy) is 3. The zero-order valence-electron chi connectivity index (χ0n) is 14.3. The number of amides is 1. The van der Waals surface area contributed by atoms with Crippen LogP contribution in [0.1, 0.15) is 15.9 Å². The van der Waals surface area contributed by atoms with Crippen molar-refractivity contribution in [2.45, 2.75) is 6.92 Å².